The minimum atomic E-state index is -0.607. The molecule has 6 heteroatoms. The maximum Gasteiger partial charge on any atom is 0.316 e. The van der Waals surface area contributed by atoms with E-state index in [9.17, 15) is 9.59 Å². The van der Waals surface area contributed by atoms with Gasteiger partial charge in [0.25, 0.3) is 0 Å². The van der Waals surface area contributed by atoms with Crippen LogP contribution in [-0.4, -0.2) is 18.5 Å². The summed E-state index contributed by atoms with van der Waals surface area (Å²) in [5, 5.41) is 5.32. The Labute approximate surface area is 147 Å². The molecule has 2 aromatic rings. The van der Waals surface area contributed by atoms with E-state index in [-0.39, 0.29) is 12.3 Å². The van der Waals surface area contributed by atoms with Crippen molar-refractivity contribution in [2.45, 2.75) is 26.8 Å². The van der Waals surface area contributed by atoms with Crippen molar-refractivity contribution in [3.8, 4) is 5.75 Å². The molecule has 0 spiro atoms. The summed E-state index contributed by atoms with van der Waals surface area (Å²) in [7, 11) is 0. The minimum Gasteiger partial charge on any atom is -0.493 e. The lowest BCUT2D eigenvalue weighted by Gasteiger charge is -2.09. The summed E-state index contributed by atoms with van der Waals surface area (Å²) in [6.45, 7) is 4.82. The van der Waals surface area contributed by atoms with Crippen molar-refractivity contribution in [3.05, 3.63) is 59.2 Å². The largest absolute Gasteiger partial charge is 0.493 e. The molecule has 0 aromatic heterocycles. The molecular formula is C19H23N3O3. The number of nitrogens with two attached hydrogens (primary N) is 1. The number of ether oxygens (including phenoxy) is 1. The van der Waals surface area contributed by atoms with E-state index in [0.29, 0.717) is 18.8 Å². The highest BCUT2D eigenvalue weighted by molar-refractivity contribution is 5.87. The van der Waals surface area contributed by atoms with Crippen molar-refractivity contribution in [2.75, 3.05) is 11.9 Å². The molecule has 0 aliphatic carbocycles. The van der Waals surface area contributed by atoms with Crippen molar-refractivity contribution in [3.63, 3.8) is 0 Å². The Morgan fingerprint density at radius 1 is 1.04 bits per heavy atom. The molecule has 0 saturated carbocycles. The second-order valence-electron chi connectivity index (χ2n) is 5.81. The third-order valence-corrected chi connectivity index (χ3v) is 3.79. The SMILES string of the molecule is Cc1ccc(OCCC(=O)NCc2ccc(NC(N)=O)cc2)cc1C. The van der Waals surface area contributed by atoms with Crippen molar-refractivity contribution < 1.29 is 14.3 Å². The number of nitrogens with one attached hydrogen (secondary N) is 2. The highest BCUT2D eigenvalue weighted by Crippen LogP contribution is 2.16. The Bertz CT molecular complexity index is 742. The molecule has 2 rings (SSSR count). The highest BCUT2D eigenvalue weighted by atomic mass is 16.5. The van der Waals surface area contributed by atoms with Crippen LogP contribution >= 0.6 is 0 Å². The first-order valence-electron chi connectivity index (χ1n) is 8.06. The number of urea groups is 1. The fourth-order valence-corrected chi connectivity index (χ4v) is 2.20. The maximum absolute atomic E-state index is 11.9. The molecule has 0 saturated heterocycles. The smallest absolute Gasteiger partial charge is 0.316 e. The molecule has 2 aromatic carbocycles. The van der Waals surface area contributed by atoms with Crippen molar-refractivity contribution >= 4 is 17.6 Å². The van der Waals surface area contributed by atoms with E-state index in [1.165, 1.54) is 5.56 Å². The average molecular weight is 341 g/mol. The summed E-state index contributed by atoms with van der Waals surface area (Å²) < 4.78 is 5.60. The minimum absolute atomic E-state index is 0.0804. The van der Waals surface area contributed by atoms with Gasteiger partial charge in [-0.25, -0.2) is 4.79 Å². The van der Waals surface area contributed by atoms with Gasteiger partial charge in [-0.05, 0) is 54.8 Å². The number of hydrogen-bond donors (Lipinski definition) is 3. The third kappa shape index (κ3) is 6.18. The molecular weight excluding hydrogens is 318 g/mol. The monoisotopic (exact) mass is 341 g/mol. The summed E-state index contributed by atoms with van der Waals surface area (Å²) in [5.41, 5.74) is 8.96. The van der Waals surface area contributed by atoms with Crippen LogP contribution in [0.2, 0.25) is 0 Å². The summed E-state index contributed by atoms with van der Waals surface area (Å²) >= 11 is 0. The lowest BCUT2D eigenvalue weighted by Crippen LogP contribution is -2.24. The summed E-state index contributed by atoms with van der Waals surface area (Å²) in [6, 6.07) is 12.4. The second kappa shape index (κ2) is 8.73. The molecule has 6 nitrogen and oxygen atoms in total. The number of carbonyl (C=O) groups is 2. The van der Waals surface area contributed by atoms with Gasteiger partial charge in [0.15, 0.2) is 0 Å². The zero-order valence-electron chi connectivity index (χ0n) is 14.5. The van der Waals surface area contributed by atoms with E-state index in [0.717, 1.165) is 16.9 Å². The third-order valence-electron chi connectivity index (χ3n) is 3.79. The molecule has 25 heavy (non-hydrogen) atoms. The van der Waals surface area contributed by atoms with Crippen molar-refractivity contribution in [1.82, 2.24) is 5.32 Å². The van der Waals surface area contributed by atoms with Gasteiger partial charge in [-0.15, -0.1) is 0 Å². The number of benzene rings is 2. The lowest BCUT2D eigenvalue weighted by molar-refractivity contribution is -0.121. The number of primary amides is 1. The van der Waals surface area contributed by atoms with Gasteiger partial charge in [0, 0.05) is 12.2 Å². The number of aryl methyl sites for hydroxylation is 2. The Balaban J connectivity index is 1.71. The quantitative estimate of drug-likeness (QED) is 0.723. The standard InChI is InChI=1S/C19H23N3O3/c1-13-3-8-17(11-14(13)2)25-10-9-18(23)21-12-15-4-6-16(7-5-15)22-19(20)24/h3-8,11H,9-10,12H2,1-2H3,(H,21,23)(H3,20,22,24). The average Bonchev–Trinajstić information content (AvgIpc) is 2.57. The van der Waals surface area contributed by atoms with Gasteiger partial charge in [-0.3, -0.25) is 4.79 Å². The van der Waals surface area contributed by atoms with Crippen LogP contribution in [0.3, 0.4) is 0 Å². The van der Waals surface area contributed by atoms with E-state index in [2.05, 4.69) is 10.6 Å². The molecule has 0 bridgehead atoms. The first-order chi connectivity index (χ1) is 11.9. The Morgan fingerprint density at radius 3 is 2.40 bits per heavy atom. The van der Waals surface area contributed by atoms with Crippen LogP contribution in [0.5, 0.6) is 5.75 Å². The predicted molar refractivity (Wildman–Crippen MR) is 97.5 cm³/mol. The van der Waals surface area contributed by atoms with Crippen LogP contribution in [0.25, 0.3) is 0 Å². The first kappa shape index (κ1) is 18.3. The zero-order valence-corrected chi connectivity index (χ0v) is 14.5. The van der Waals surface area contributed by atoms with E-state index in [4.69, 9.17) is 10.5 Å². The Morgan fingerprint density at radius 2 is 1.76 bits per heavy atom. The van der Waals surface area contributed by atoms with Gasteiger partial charge in [-0.2, -0.15) is 0 Å². The van der Waals surface area contributed by atoms with Crippen molar-refractivity contribution in [2.24, 2.45) is 5.73 Å². The summed E-state index contributed by atoms with van der Waals surface area (Å²) in [6.07, 6.45) is 0.286. The molecule has 0 aliphatic rings. The van der Waals surface area contributed by atoms with Gasteiger partial charge < -0.3 is 21.1 Å². The lowest BCUT2D eigenvalue weighted by atomic mass is 10.1. The second-order valence-corrected chi connectivity index (χ2v) is 5.81. The molecule has 0 aliphatic heterocycles. The summed E-state index contributed by atoms with van der Waals surface area (Å²) in [4.78, 5) is 22.6. The molecule has 4 N–H and O–H groups in total. The normalized spacial score (nSPS) is 10.2. The van der Waals surface area contributed by atoms with E-state index in [1.807, 2.05) is 44.2 Å². The Hall–Kier alpha value is -3.02. The van der Waals surface area contributed by atoms with Crippen LogP contribution in [0.4, 0.5) is 10.5 Å². The fourth-order valence-electron chi connectivity index (χ4n) is 2.20. The van der Waals surface area contributed by atoms with Gasteiger partial charge >= 0.3 is 6.03 Å². The van der Waals surface area contributed by atoms with Gasteiger partial charge in [0.1, 0.15) is 5.75 Å². The van der Waals surface area contributed by atoms with E-state index in [1.54, 1.807) is 12.1 Å². The highest BCUT2D eigenvalue weighted by Gasteiger charge is 2.04. The summed E-state index contributed by atoms with van der Waals surface area (Å²) in [5.74, 6) is 0.691. The Kier molecular flexibility index (Phi) is 6.39. The van der Waals surface area contributed by atoms with Crippen LogP contribution in [0.15, 0.2) is 42.5 Å². The van der Waals surface area contributed by atoms with Gasteiger partial charge in [-0.1, -0.05) is 18.2 Å². The molecule has 0 fully saturated rings. The predicted octanol–water partition coefficient (Wildman–Crippen LogP) is 2.88. The molecule has 132 valence electrons. The van der Waals surface area contributed by atoms with E-state index < -0.39 is 6.03 Å². The number of carbonyl (C=O) groups excluding carboxylic acids is 2. The number of rotatable bonds is 7. The van der Waals surface area contributed by atoms with Crippen LogP contribution in [-0.2, 0) is 11.3 Å². The zero-order chi connectivity index (χ0) is 18.2. The number of anilines is 1. The molecule has 0 atom stereocenters. The van der Waals surface area contributed by atoms with Crippen LogP contribution in [0.1, 0.15) is 23.1 Å². The van der Waals surface area contributed by atoms with Gasteiger partial charge in [0.05, 0.1) is 13.0 Å². The van der Waals surface area contributed by atoms with Crippen LogP contribution in [0, 0.1) is 13.8 Å². The van der Waals surface area contributed by atoms with Crippen LogP contribution < -0.4 is 21.1 Å². The molecule has 0 radical (unpaired) electrons. The van der Waals surface area contributed by atoms with E-state index >= 15 is 0 Å². The maximum atomic E-state index is 11.9. The van der Waals surface area contributed by atoms with Crippen molar-refractivity contribution in [1.29, 1.82) is 0 Å². The number of amides is 3. The van der Waals surface area contributed by atoms with Gasteiger partial charge in [0.2, 0.25) is 5.91 Å². The molecule has 0 heterocycles. The molecule has 3 amide bonds. The number of hydrogen-bond acceptors (Lipinski definition) is 3. The first-order valence-corrected chi connectivity index (χ1v) is 8.06. The molecule has 0 unspecified atom stereocenters. The fraction of sp³-hybridized carbons (Fsp3) is 0.263. The topological polar surface area (TPSA) is 93.4 Å².